The molecular formula is C19H16FN3O3. The van der Waals surface area contributed by atoms with Gasteiger partial charge in [0.1, 0.15) is 5.82 Å². The van der Waals surface area contributed by atoms with E-state index >= 15 is 0 Å². The number of imidazole rings is 1. The number of anilines is 1. The number of esters is 1. The van der Waals surface area contributed by atoms with Gasteiger partial charge in [0.25, 0.3) is 0 Å². The van der Waals surface area contributed by atoms with Crippen molar-refractivity contribution in [2.24, 2.45) is 5.92 Å². The molecule has 7 heteroatoms. The van der Waals surface area contributed by atoms with Crippen LogP contribution >= 0.6 is 0 Å². The number of rotatable bonds is 3. The second kappa shape index (κ2) is 6.25. The zero-order valence-electron chi connectivity index (χ0n) is 14.0. The van der Waals surface area contributed by atoms with Crippen molar-refractivity contribution in [1.82, 2.24) is 9.55 Å². The minimum absolute atomic E-state index is 0.163. The van der Waals surface area contributed by atoms with Gasteiger partial charge in [-0.3, -0.25) is 14.9 Å². The zero-order valence-corrected chi connectivity index (χ0v) is 14.0. The van der Waals surface area contributed by atoms with Gasteiger partial charge in [-0.2, -0.15) is 0 Å². The number of nitrogens with one attached hydrogen (secondary N) is 1. The molecule has 4 rings (SSSR count). The Morgan fingerprint density at radius 1 is 1.23 bits per heavy atom. The van der Waals surface area contributed by atoms with Crippen LogP contribution in [-0.2, 0) is 14.3 Å². The number of carbonyl (C=O) groups excluding carboxylic acids is 2. The van der Waals surface area contributed by atoms with E-state index in [-0.39, 0.29) is 6.61 Å². The maximum absolute atomic E-state index is 13.4. The van der Waals surface area contributed by atoms with Crippen LogP contribution in [0.25, 0.3) is 11.0 Å². The molecule has 1 amide bonds. The molecule has 3 aromatic rings. The normalized spacial score (nSPS) is 19.1. The summed E-state index contributed by atoms with van der Waals surface area (Å²) in [5.41, 5.74) is 2.09. The van der Waals surface area contributed by atoms with Crippen molar-refractivity contribution in [2.75, 3.05) is 11.9 Å². The molecule has 0 bridgehead atoms. The topological polar surface area (TPSA) is 73.2 Å². The number of aromatic nitrogens is 2. The molecule has 26 heavy (non-hydrogen) atoms. The van der Waals surface area contributed by atoms with E-state index in [0.29, 0.717) is 17.0 Å². The number of amides is 1. The summed E-state index contributed by atoms with van der Waals surface area (Å²) in [5, 5.41) is 2.69. The van der Waals surface area contributed by atoms with Gasteiger partial charge in [0.15, 0.2) is 5.92 Å². The van der Waals surface area contributed by atoms with E-state index < -0.39 is 29.7 Å². The summed E-state index contributed by atoms with van der Waals surface area (Å²) in [6.07, 6.45) is 0. The van der Waals surface area contributed by atoms with E-state index in [1.54, 1.807) is 23.6 Å². The van der Waals surface area contributed by atoms with Crippen molar-refractivity contribution in [1.29, 1.82) is 0 Å². The Balaban J connectivity index is 1.95. The molecule has 6 nitrogen and oxygen atoms in total. The summed E-state index contributed by atoms with van der Waals surface area (Å²) in [6.45, 7) is 1.85. The van der Waals surface area contributed by atoms with Crippen LogP contribution in [0.4, 0.5) is 10.3 Å². The van der Waals surface area contributed by atoms with Gasteiger partial charge >= 0.3 is 5.97 Å². The number of halogens is 1. The molecule has 132 valence electrons. The van der Waals surface area contributed by atoms with Crippen molar-refractivity contribution in [3.63, 3.8) is 0 Å². The first-order valence-corrected chi connectivity index (χ1v) is 8.30. The van der Waals surface area contributed by atoms with Gasteiger partial charge in [0.2, 0.25) is 11.9 Å². The highest BCUT2D eigenvalue weighted by molar-refractivity contribution is 6.07. The van der Waals surface area contributed by atoms with Crippen molar-refractivity contribution < 1.29 is 18.7 Å². The first-order chi connectivity index (χ1) is 12.6. The highest BCUT2D eigenvalue weighted by atomic mass is 19.1. The Hall–Kier alpha value is -3.22. The number of benzene rings is 2. The predicted molar refractivity (Wildman–Crippen MR) is 93.0 cm³/mol. The maximum atomic E-state index is 13.4. The van der Waals surface area contributed by atoms with Gasteiger partial charge in [-0.15, -0.1) is 0 Å². The number of hydrogen-bond donors (Lipinski definition) is 1. The molecule has 0 saturated heterocycles. The van der Waals surface area contributed by atoms with E-state index in [9.17, 15) is 14.0 Å². The second-order valence-electron chi connectivity index (χ2n) is 6.01. The molecule has 2 heterocycles. The summed E-state index contributed by atoms with van der Waals surface area (Å²) >= 11 is 0. The molecular weight excluding hydrogens is 337 g/mol. The largest absolute Gasteiger partial charge is 0.465 e. The van der Waals surface area contributed by atoms with Gasteiger partial charge < -0.3 is 9.30 Å². The van der Waals surface area contributed by atoms with Gasteiger partial charge in [0.05, 0.1) is 23.7 Å². The molecule has 0 spiro atoms. The minimum Gasteiger partial charge on any atom is -0.465 e. The van der Waals surface area contributed by atoms with E-state index in [0.717, 1.165) is 5.52 Å². The molecule has 1 N–H and O–H groups in total. The molecule has 2 atom stereocenters. The standard InChI is InChI=1S/C19H16FN3O3/c1-2-26-18(25)15-16(11-7-9-12(20)10-8-11)23-14-6-4-3-5-13(14)21-19(23)22-17(15)24/h3-10,15-16H,2H2,1H3,(H,21,22,24)/t15-,16-/m0/s1. The van der Waals surface area contributed by atoms with Crippen LogP contribution < -0.4 is 5.32 Å². The van der Waals surface area contributed by atoms with Crippen LogP contribution in [-0.4, -0.2) is 28.0 Å². The lowest BCUT2D eigenvalue weighted by atomic mass is 9.90. The molecule has 0 saturated carbocycles. The summed E-state index contributed by atoms with van der Waals surface area (Å²) < 4.78 is 20.3. The fourth-order valence-corrected chi connectivity index (χ4v) is 3.36. The molecule has 1 aliphatic heterocycles. The Labute approximate surface area is 148 Å². The number of nitrogens with zero attached hydrogens (tertiary/aromatic N) is 2. The maximum Gasteiger partial charge on any atom is 0.321 e. The average Bonchev–Trinajstić information content (AvgIpc) is 2.99. The van der Waals surface area contributed by atoms with Crippen LogP contribution in [0.3, 0.4) is 0 Å². The van der Waals surface area contributed by atoms with Crippen molar-refractivity contribution in [3.8, 4) is 0 Å². The highest BCUT2D eigenvalue weighted by Crippen LogP contribution is 2.38. The molecule has 1 aromatic heterocycles. The van der Waals surface area contributed by atoms with Crippen LogP contribution in [0.1, 0.15) is 18.5 Å². The number of fused-ring (bicyclic) bond motifs is 3. The number of para-hydroxylation sites is 2. The summed E-state index contributed by atoms with van der Waals surface area (Å²) in [6, 6.07) is 12.5. The Kier molecular flexibility index (Phi) is 3.91. The number of hydrogen-bond acceptors (Lipinski definition) is 4. The molecule has 1 aliphatic rings. The van der Waals surface area contributed by atoms with Crippen LogP contribution in [0.15, 0.2) is 48.5 Å². The van der Waals surface area contributed by atoms with Crippen LogP contribution in [0, 0.1) is 11.7 Å². The van der Waals surface area contributed by atoms with Gasteiger partial charge in [-0.05, 0) is 36.8 Å². The van der Waals surface area contributed by atoms with Crippen LogP contribution in [0.2, 0.25) is 0 Å². The van der Waals surface area contributed by atoms with E-state index in [1.807, 2.05) is 24.3 Å². The number of carbonyl (C=O) groups is 2. The van der Waals surface area contributed by atoms with E-state index in [2.05, 4.69) is 10.3 Å². The van der Waals surface area contributed by atoms with Gasteiger partial charge in [-0.25, -0.2) is 9.37 Å². The predicted octanol–water partition coefficient (Wildman–Crippen LogP) is 2.90. The highest BCUT2D eigenvalue weighted by Gasteiger charge is 2.44. The molecule has 0 radical (unpaired) electrons. The first kappa shape index (κ1) is 16.3. The molecule has 2 aromatic carbocycles. The summed E-state index contributed by atoms with van der Waals surface area (Å²) in [5.74, 6) is -2.24. The first-order valence-electron chi connectivity index (χ1n) is 8.30. The van der Waals surface area contributed by atoms with E-state index in [4.69, 9.17) is 4.74 Å². The molecule has 0 aliphatic carbocycles. The SMILES string of the molecule is CCOC(=O)[C@@H]1C(=O)Nc2nc3ccccc3n2[C@H]1c1ccc(F)cc1. The lowest BCUT2D eigenvalue weighted by Gasteiger charge is -2.32. The Morgan fingerprint density at radius 2 is 1.96 bits per heavy atom. The summed E-state index contributed by atoms with van der Waals surface area (Å²) in [7, 11) is 0. The number of ether oxygens (including phenoxy) is 1. The Morgan fingerprint density at radius 3 is 2.69 bits per heavy atom. The van der Waals surface area contributed by atoms with Gasteiger partial charge in [-0.1, -0.05) is 24.3 Å². The molecule has 0 fully saturated rings. The second-order valence-corrected chi connectivity index (χ2v) is 6.01. The third-order valence-corrected chi connectivity index (χ3v) is 4.46. The smallest absolute Gasteiger partial charge is 0.321 e. The van der Waals surface area contributed by atoms with Crippen LogP contribution in [0.5, 0.6) is 0 Å². The van der Waals surface area contributed by atoms with Gasteiger partial charge in [0, 0.05) is 0 Å². The van der Waals surface area contributed by atoms with E-state index in [1.165, 1.54) is 12.1 Å². The third-order valence-electron chi connectivity index (χ3n) is 4.46. The molecule has 0 unspecified atom stereocenters. The lowest BCUT2D eigenvalue weighted by Crippen LogP contribution is -2.43. The fraction of sp³-hybridized carbons (Fsp3) is 0.211. The zero-order chi connectivity index (χ0) is 18.3. The fourth-order valence-electron chi connectivity index (χ4n) is 3.36. The van der Waals surface area contributed by atoms with Crippen molar-refractivity contribution in [3.05, 3.63) is 59.9 Å². The summed E-state index contributed by atoms with van der Waals surface area (Å²) in [4.78, 5) is 29.6. The third kappa shape index (κ3) is 2.52. The van der Waals surface area contributed by atoms with Crippen molar-refractivity contribution >= 4 is 28.9 Å². The lowest BCUT2D eigenvalue weighted by molar-refractivity contribution is -0.152. The monoisotopic (exact) mass is 353 g/mol. The quantitative estimate of drug-likeness (QED) is 0.580. The Bertz CT molecular complexity index is 997. The average molecular weight is 353 g/mol. The van der Waals surface area contributed by atoms with Crippen molar-refractivity contribution in [2.45, 2.75) is 13.0 Å². The minimum atomic E-state index is -1.09.